The molecule has 8 heteroatoms. The molecule has 3 N–H and O–H groups in total. The number of hydroxylamine groups is 2. The van der Waals surface area contributed by atoms with Crippen LogP contribution in [0.1, 0.15) is 32.6 Å². The van der Waals surface area contributed by atoms with E-state index in [-0.39, 0.29) is 12.5 Å². The summed E-state index contributed by atoms with van der Waals surface area (Å²) in [5.41, 5.74) is 7.23. The van der Waals surface area contributed by atoms with Crippen LogP contribution in [-0.2, 0) is 16.6 Å². The van der Waals surface area contributed by atoms with Crippen molar-refractivity contribution in [3.05, 3.63) is 24.3 Å². The molecule has 2 rings (SSSR count). The van der Waals surface area contributed by atoms with Crippen LogP contribution < -0.4 is 10.9 Å². The van der Waals surface area contributed by atoms with Gasteiger partial charge in [0.15, 0.2) is 0 Å². The van der Waals surface area contributed by atoms with Crippen molar-refractivity contribution < 1.29 is 14.8 Å². The van der Waals surface area contributed by atoms with Crippen LogP contribution in [0.25, 0.3) is 11.0 Å². The Labute approximate surface area is 146 Å². The van der Waals surface area contributed by atoms with Gasteiger partial charge < -0.3 is 4.57 Å². The lowest BCUT2D eigenvalue weighted by atomic mass is 10.0. The van der Waals surface area contributed by atoms with Crippen LogP contribution >= 0.6 is 0 Å². The summed E-state index contributed by atoms with van der Waals surface area (Å²) in [6.07, 6.45) is 3.78. The molecule has 1 aromatic heterocycles. The molecule has 2 amide bonds. The van der Waals surface area contributed by atoms with Crippen molar-refractivity contribution >= 4 is 29.3 Å². The Balaban J connectivity index is 2.00. The largest absolute Gasteiger partial charge is 0.312 e. The quantitative estimate of drug-likeness (QED) is 0.264. The zero-order valence-corrected chi connectivity index (χ0v) is 14.6. The first-order valence-electron chi connectivity index (χ1n) is 8.45. The Morgan fingerprint density at radius 3 is 2.84 bits per heavy atom. The lowest BCUT2D eigenvalue weighted by molar-refractivity contribution is -0.154. The fourth-order valence-electron chi connectivity index (χ4n) is 2.69. The summed E-state index contributed by atoms with van der Waals surface area (Å²) in [5, 5.41) is 9.91. The van der Waals surface area contributed by atoms with Gasteiger partial charge in [0.1, 0.15) is 0 Å². The Bertz CT molecular complexity index is 715. The van der Waals surface area contributed by atoms with Gasteiger partial charge in [0.2, 0.25) is 18.3 Å². The van der Waals surface area contributed by atoms with E-state index >= 15 is 0 Å². The number of benzene rings is 1. The van der Waals surface area contributed by atoms with Gasteiger partial charge in [0.05, 0.1) is 23.5 Å². The van der Waals surface area contributed by atoms with Crippen LogP contribution in [0, 0.1) is 5.92 Å². The number of imidazole rings is 1. The Hall–Kier alpha value is -2.61. The average Bonchev–Trinajstić information content (AvgIpc) is 2.95. The molecular weight excluding hydrogens is 322 g/mol. The second-order valence-electron chi connectivity index (χ2n) is 6.02. The number of fused-ring (bicyclic) bond motifs is 1. The first-order chi connectivity index (χ1) is 12.1. The SMILES string of the molecule is CCCCC[C@@H](CN(O)C=O)C(=O)NNc1nc2ccccc2n1C. The normalized spacial score (nSPS) is 12.0. The second-order valence-corrected chi connectivity index (χ2v) is 6.02. The fraction of sp³-hybridized carbons (Fsp3) is 0.471. The molecule has 2 aromatic rings. The number of para-hydroxylation sites is 2. The summed E-state index contributed by atoms with van der Waals surface area (Å²) >= 11 is 0. The lowest BCUT2D eigenvalue weighted by Gasteiger charge is -2.19. The lowest BCUT2D eigenvalue weighted by Crippen LogP contribution is -2.40. The van der Waals surface area contributed by atoms with E-state index in [4.69, 9.17) is 0 Å². The molecule has 0 saturated carbocycles. The molecule has 1 atom stereocenters. The molecule has 0 saturated heterocycles. The molecule has 0 spiro atoms. The number of carbonyl (C=O) groups excluding carboxylic acids is 2. The summed E-state index contributed by atoms with van der Waals surface area (Å²) in [7, 11) is 1.85. The number of aryl methyl sites for hydroxylation is 1. The van der Waals surface area contributed by atoms with Gasteiger partial charge in [-0.15, -0.1) is 0 Å². The molecule has 0 aliphatic carbocycles. The van der Waals surface area contributed by atoms with Crippen molar-refractivity contribution in [2.75, 3.05) is 12.0 Å². The molecule has 1 heterocycles. The highest BCUT2D eigenvalue weighted by molar-refractivity contribution is 5.82. The maximum atomic E-state index is 12.4. The predicted molar refractivity (Wildman–Crippen MR) is 94.7 cm³/mol. The smallest absolute Gasteiger partial charge is 0.243 e. The first-order valence-corrected chi connectivity index (χ1v) is 8.45. The van der Waals surface area contributed by atoms with Crippen molar-refractivity contribution in [3.63, 3.8) is 0 Å². The van der Waals surface area contributed by atoms with E-state index < -0.39 is 5.92 Å². The molecular formula is C17H25N5O3. The maximum absolute atomic E-state index is 12.4. The number of hydrogen-bond donors (Lipinski definition) is 3. The third kappa shape index (κ3) is 4.93. The molecule has 0 aliphatic heterocycles. The van der Waals surface area contributed by atoms with Crippen LogP contribution in [0.2, 0.25) is 0 Å². The van der Waals surface area contributed by atoms with E-state index in [0.717, 1.165) is 30.3 Å². The minimum atomic E-state index is -0.496. The number of carbonyl (C=O) groups is 2. The summed E-state index contributed by atoms with van der Waals surface area (Å²) in [5.74, 6) is -0.272. The third-order valence-corrected chi connectivity index (χ3v) is 4.14. The van der Waals surface area contributed by atoms with Crippen molar-refractivity contribution in [2.24, 2.45) is 13.0 Å². The van der Waals surface area contributed by atoms with E-state index in [0.29, 0.717) is 23.8 Å². The molecule has 0 unspecified atom stereocenters. The fourth-order valence-corrected chi connectivity index (χ4v) is 2.69. The van der Waals surface area contributed by atoms with Gasteiger partial charge in [-0.3, -0.25) is 25.6 Å². The minimum absolute atomic E-state index is 0.0384. The molecule has 0 radical (unpaired) electrons. The second kappa shape index (κ2) is 9.03. The molecule has 136 valence electrons. The van der Waals surface area contributed by atoms with Gasteiger partial charge in [-0.1, -0.05) is 38.3 Å². The van der Waals surface area contributed by atoms with Gasteiger partial charge in [0.25, 0.3) is 0 Å². The topological polar surface area (TPSA) is 99.5 Å². The third-order valence-electron chi connectivity index (χ3n) is 4.14. The van der Waals surface area contributed by atoms with Gasteiger partial charge in [-0.25, -0.2) is 10.0 Å². The van der Waals surface area contributed by atoms with Crippen molar-refractivity contribution in [1.82, 2.24) is 20.0 Å². The standard InChI is InChI=1S/C17H25N5O3/c1-3-4-5-8-13(11-22(25)12-23)16(24)19-20-17-18-14-9-6-7-10-15(14)21(17)2/h6-7,9-10,12-13,25H,3-5,8,11H2,1-2H3,(H,18,20)(H,19,24)/t13-/m0/s1. The highest BCUT2D eigenvalue weighted by Gasteiger charge is 2.21. The molecule has 1 aromatic carbocycles. The monoisotopic (exact) mass is 347 g/mol. The number of rotatable bonds is 10. The number of hydrogen-bond acceptors (Lipinski definition) is 5. The summed E-state index contributed by atoms with van der Waals surface area (Å²) in [6.45, 7) is 2.04. The van der Waals surface area contributed by atoms with Crippen molar-refractivity contribution in [2.45, 2.75) is 32.6 Å². The van der Waals surface area contributed by atoms with Crippen LogP contribution in [0.4, 0.5) is 5.95 Å². The van der Waals surface area contributed by atoms with E-state index in [1.807, 2.05) is 35.9 Å². The zero-order chi connectivity index (χ0) is 18.2. The Morgan fingerprint density at radius 1 is 1.40 bits per heavy atom. The van der Waals surface area contributed by atoms with E-state index in [1.54, 1.807) is 0 Å². The molecule has 25 heavy (non-hydrogen) atoms. The zero-order valence-electron chi connectivity index (χ0n) is 14.6. The highest BCUT2D eigenvalue weighted by Crippen LogP contribution is 2.17. The average molecular weight is 347 g/mol. The predicted octanol–water partition coefficient (Wildman–Crippen LogP) is 2.06. The highest BCUT2D eigenvalue weighted by atomic mass is 16.5. The van der Waals surface area contributed by atoms with E-state index in [1.165, 1.54) is 0 Å². The molecule has 0 bridgehead atoms. The van der Waals surface area contributed by atoms with Crippen LogP contribution in [0.15, 0.2) is 24.3 Å². The number of anilines is 1. The summed E-state index contributed by atoms with van der Waals surface area (Å²) < 4.78 is 1.84. The number of amides is 2. The maximum Gasteiger partial charge on any atom is 0.243 e. The number of nitrogens with one attached hydrogen (secondary N) is 2. The number of aromatic nitrogens is 2. The van der Waals surface area contributed by atoms with Gasteiger partial charge in [-0.05, 0) is 18.6 Å². The number of nitrogens with zero attached hydrogens (tertiary/aromatic N) is 3. The van der Waals surface area contributed by atoms with Crippen molar-refractivity contribution in [3.8, 4) is 0 Å². The number of unbranched alkanes of at least 4 members (excludes halogenated alkanes) is 2. The number of hydrazine groups is 1. The van der Waals surface area contributed by atoms with Gasteiger partial charge in [0, 0.05) is 7.05 Å². The Kier molecular flexibility index (Phi) is 6.76. The molecule has 8 nitrogen and oxygen atoms in total. The summed E-state index contributed by atoms with van der Waals surface area (Å²) in [6, 6.07) is 7.66. The van der Waals surface area contributed by atoms with Crippen LogP contribution in [0.5, 0.6) is 0 Å². The van der Waals surface area contributed by atoms with E-state index in [2.05, 4.69) is 22.8 Å². The first kappa shape index (κ1) is 18.7. The van der Waals surface area contributed by atoms with E-state index in [9.17, 15) is 14.8 Å². The van der Waals surface area contributed by atoms with Gasteiger partial charge in [-0.2, -0.15) is 0 Å². The van der Waals surface area contributed by atoms with Crippen molar-refractivity contribution in [1.29, 1.82) is 0 Å². The van der Waals surface area contributed by atoms with Crippen LogP contribution in [0.3, 0.4) is 0 Å². The minimum Gasteiger partial charge on any atom is -0.312 e. The van der Waals surface area contributed by atoms with Crippen LogP contribution in [-0.4, -0.2) is 38.7 Å². The van der Waals surface area contributed by atoms with Gasteiger partial charge >= 0.3 is 0 Å². The summed E-state index contributed by atoms with van der Waals surface area (Å²) in [4.78, 5) is 27.5. The Morgan fingerprint density at radius 2 is 2.16 bits per heavy atom. The molecule has 0 fully saturated rings. The molecule has 0 aliphatic rings.